The lowest BCUT2D eigenvalue weighted by molar-refractivity contribution is 0.313. The van der Waals surface area contributed by atoms with Gasteiger partial charge in [-0.15, -0.1) is 0 Å². The number of benzene rings is 3. The van der Waals surface area contributed by atoms with Crippen molar-refractivity contribution in [3.05, 3.63) is 95.1 Å². The molecule has 0 aromatic heterocycles. The number of para-hydroxylation sites is 1. The smallest absolute Gasteiger partial charge is 0.165 e. The minimum absolute atomic E-state index is 0.330. The maximum Gasteiger partial charge on any atom is 0.165 e. The van der Waals surface area contributed by atoms with E-state index < -0.39 is 0 Å². The van der Waals surface area contributed by atoms with Crippen LogP contribution in [0.1, 0.15) is 61.8 Å². The van der Waals surface area contributed by atoms with Crippen molar-refractivity contribution in [1.29, 1.82) is 0 Å². The van der Waals surface area contributed by atoms with E-state index >= 15 is 0 Å². The predicted molar refractivity (Wildman–Crippen MR) is 123 cm³/mol. The molecule has 0 spiro atoms. The van der Waals surface area contributed by atoms with Crippen molar-refractivity contribution in [3.63, 3.8) is 0 Å². The Labute approximate surface area is 174 Å². The summed E-state index contributed by atoms with van der Waals surface area (Å²) in [5.41, 5.74) is 6.01. The zero-order chi connectivity index (χ0) is 21.0. The number of aliphatic imine (C=N–C) groups is 1. The van der Waals surface area contributed by atoms with Gasteiger partial charge in [0.1, 0.15) is 0 Å². The Morgan fingerprint density at radius 1 is 0.759 bits per heavy atom. The zero-order valence-corrected chi connectivity index (χ0v) is 17.9. The third-order valence-corrected chi connectivity index (χ3v) is 5.07. The SMILES string of the molecule is Cc1ccc(N(O)C(=Nc2c(C(C)C)cccc2C(C)C)c2ccccc2)cc1. The van der Waals surface area contributed by atoms with Gasteiger partial charge >= 0.3 is 0 Å². The van der Waals surface area contributed by atoms with Gasteiger partial charge in [0.15, 0.2) is 5.84 Å². The lowest BCUT2D eigenvalue weighted by Crippen LogP contribution is -2.28. The molecule has 3 rings (SSSR count). The van der Waals surface area contributed by atoms with Gasteiger partial charge in [-0.2, -0.15) is 0 Å². The topological polar surface area (TPSA) is 35.8 Å². The molecule has 0 aliphatic heterocycles. The first kappa shape index (κ1) is 20.8. The molecule has 0 unspecified atom stereocenters. The fraction of sp³-hybridized carbons (Fsp3) is 0.269. The maximum atomic E-state index is 11.1. The van der Waals surface area contributed by atoms with E-state index in [-0.39, 0.29) is 0 Å². The molecule has 3 aromatic rings. The average Bonchev–Trinajstić information content (AvgIpc) is 2.72. The van der Waals surface area contributed by atoms with Gasteiger partial charge in [0, 0.05) is 5.56 Å². The number of aryl methyl sites for hydroxylation is 1. The van der Waals surface area contributed by atoms with Crippen LogP contribution in [0.2, 0.25) is 0 Å². The largest absolute Gasteiger partial charge is 0.282 e. The highest BCUT2D eigenvalue weighted by Gasteiger charge is 2.18. The number of anilines is 1. The lowest BCUT2D eigenvalue weighted by Gasteiger charge is -2.22. The number of amidine groups is 1. The summed E-state index contributed by atoms with van der Waals surface area (Å²) in [7, 11) is 0. The summed E-state index contributed by atoms with van der Waals surface area (Å²) < 4.78 is 0. The van der Waals surface area contributed by atoms with Crippen LogP contribution < -0.4 is 5.06 Å². The molecule has 0 saturated carbocycles. The van der Waals surface area contributed by atoms with E-state index in [0.29, 0.717) is 23.4 Å². The lowest BCUT2D eigenvalue weighted by atomic mass is 9.93. The molecule has 29 heavy (non-hydrogen) atoms. The van der Waals surface area contributed by atoms with Crippen LogP contribution in [0.5, 0.6) is 0 Å². The maximum absolute atomic E-state index is 11.1. The fourth-order valence-corrected chi connectivity index (χ4v) is 3.38. The monoisotopic (exact) mass is 386 g/mol. The molecule has 3 aromatic carbocycles. The van der Waals surface area contributed by atoms with E-state index in [0.717, 1.165) is 16.8 Å². The molecule has 0 atom stereocenters. The van der Waals surface area contributed by atoms with Gasteiger partial charge in [-0.1, -0.05) is 93.9 Å². The molecule has 0 radical (unpaired) electrons. The van der Waals surface area contributed by atoms with E-state index in [2.05, 4.69) is 45.9 Å². The third kappa shape index (κ3) is 4.75. The summed E-state index contributed by atoms with van der Waals surface area (Å²) in [5, 5.41) is 12.3. The Bertz CT molecular complexity index is 947. The summed E-state index contributed by atoms with van der Waals surface area (Å²) >= 11 is 0. The van der Waals surface area contributed by atoms with Gasteiger partial charge in [0.05, 0.1) is 11.4 Å². The Balaban J connectivity index is 2.22. The Morgan fingerprint density at radius 3 is 1.83 bits per heavy atom. The van der Waals surface area contributed by atoms with E-state index in [1.807, 2.05) is 61.5 Å². The second-order valence-electron chi connectivity index (χ2n) is 8.04. The minimum Gasteiger partial charge on any atom is -0.282 e. The summed E-state index contributed by atoms with van der Waals surface area (Å²) in [6, 6.07) is 24.0. The van der Waals surface area contributed by atoms with Gasteiger partial charge in [0.2, 0.25) is 0 Å². The minimum atomic E-state index is 0.330. The van der Waals surface area contributed by atoms with E-state index in [1.54, 1.807) is 0 Å². The van der Waals surface area contributed by atoms with Crippen LogP contribution in [0.25, 0.3) is 0 Å². The summed E-state index contributed by atoms with van der Waals surface area (Å²) in [6.45, 7) is 10.7. The van der Waals surface area contributed by atoms with E-state index in [9.17, 15) is 5.21 Å². The van der Waals surface area contributed by atoms with Crippen LogP contribution in [0, 0.1) is 6.92 Å². The molecule has 0 fully saturated rings. The fourth-order valence-electron chi connectivity index (χ4n) is 3.38. The molecule has 1 N–H and O–H groups in total. The second kappa shape index (κ2) is 9.06. The Kier molecular flexibility index (Phi) is 6.50. The van der Waals surface area contributed by atoms with Crippen molar-refractivity contribution in [2.45, 2.75) is 46.5 Å². The molecule has 0 aliphatic rings. The Hall–Kier alpha value is -2.91. The van der Waals surface area contributed by atoms with Gasteiger partial charge in [-0.05, 0) is 42.0 Å². The first-order valence-electron chi connectivity index (χ1n) is 10.2. The first-order chi connectivity index (χ1) is 13.9. The number of hydroxylamine groups is 1. The summed E-state index contributed by atoms with van der Waals surface area (Å²) in [4.78, 5) is 5.06. The van der Waals surface area contributed by atoms with Crippen molar-refractivity contribution in [2.75, 3.05) is 5.06 Å². The molecule has 0 bridgehead atoms. The number of hydrogen-bond acceptors (Lipinski definition) is 2. The zero-order valence-electron chi connectivity index (χ0n) is 17.9. The normalized spacial score (nSPS) is 11.9. The van der Waals surface area contributed by atoms with Gasteiger partial charge in [-0.25, -0.2) is 10.1 Å². The molecule has 0 heterocycles. The second-order valence-corrected chi connectivity index (χ2v) is 8.04. The standard InChI is InChI=1S/C26H30N2O/c1-18(2)23-12-9-13-24(19(3)4)25(23)27-26(21-10-7-6-8-11-21)28(29)22-16-14-20(5)15-17-22/h6-19,29H,1-5H3. The van der Waals surface area contributed by atoms with Gasteiger partial charge < -0.3 is 0 Å². The van der Waals surface area contributed by atoms with Crippen LogP contribution in [0.3, 0.4) is 0 Å². The summed E-state index contributed by atoms with van der Waals surface area (Å²) in [5.74, 6) is 1.18. The third-order valence-electron chi connectivity index (χ3n) is 5.07. The predicted octanol–water partition coefficient (Wildman–Crippen LogP) is 7.22. The molecule has 0 amide bonds. The Morgan fingerprint density at radius 2 is 1.31 bits per heavy atom. The quantitative estimate of drug-likeness (QED) is 0.285. The molecule has 3 nitrogen and oxygen atoms in total. The van der Waals surface area contributed by atoms with Crippen molar-refractivity contribution in [1.82, 2.24) is 0 Å². The highest BCUT2D eigenvalue weighted by molar-refractivity contribution is 6.09. The summed E-state index contributed by atoms with van der Waals surface area (Å²) in [6.07, 6.45) is 0. The molecular weight excluding hydrogens is 356 g/mol. The molecule has 0 aliphatic carbocycles. The van der Waals surface area contributed by atoms with Crippen molar-refractivity contribution < 1.29 is 5.21 Å². The van der Waals surface area contributed by atoms with Crippen LogP contribution in [0.15, 0.2) is 77.8 Å². The van der Waals surface area contributed by atoms with Crippen molar-refractivity contribution >= 4 is 17.2 Å². The van der Waals surface area contributed by atoms with Gasteiger partial charge in [0.25, 0.3) is 0 Å². The van der Waals surface area contributed by atoms with Crippen LogP contribution in [0.4, 0.5) is 11.4 Å². The first-order valence-corrected chi connectivity index (χ1v) is 10.2. The molecule has 3 heteroatoms. The number of hydrogen-bond donors (Lipinski definition) is 1. The number of nitrogens with zero attached hydrogens (tertiary/aromatic N) is 2. The van der Waals surface area contributed by atoms with Crippen LogP contribution in [-0.4, -0.2) is 11.0 Å². The van der Waals surface area contributed by atoms with E-state index in [4.69, 9.17) is 4.99 Å². The van der Waals surface area contributed by atoms with Crippen molar-refractivity contribution in [2.24, 2.45) is 4.99 Å². The van der Waals surface area contributed by atoms with Crippen LogP contribution in [-0.2, 0) is 0 Å². The molecule has 0 saturated heterocycles. The van der Waals surface area contributed by atoms with Gasteiger partial charge in [-0.3, -0.25) is 5.21 Å². The number of rotatable bonds is 5. The van der Waals surface area contributed by atoms with E-state index in [1.165, 1.54) is 16.2 Å². The van der Waals surface area contributed by atoms with Crippen LogP contribution >= 0.6 is 0 Å². The average molecular weight is 387 g/mol. The highest BCUT2D eigenvalue weighted by Crippen LogP contribution is 2.35. The highest BCUT2D eigenvalue weighted by atomic mass is 16.5. The molecule has 150 valence electrons. The van der Waals surface area contributed by atoms with Crippen molar-refractivity contribution in [3.8, 4) is 0 Å². The molecular formula is C26H30N2O.